The average Bonchev–Trinajstić information content (AvgIpc) is 2.84. The van der Waals surface area contributed by atoms with Crippen molar-refractivity contribution >= 4 is 32.6 Å². The van der Waals surface area contributed by atoms with E-state index in [0.717, 1.165) is 26.2 Å². The van der Waals surface area contributed by atoms with Crippen molar-refractivity contribution in [3.8, 4) is 0 Å². The van der Waals surface area contributed by atoms with Crippen LogP contribution in [0.3, 0.4) is 0 Å². The molecule has 0 saturated carbocycles. The van der Waals surface area contributed by atoms with E-state index >= 15 is 0 Å². The van der Waals surface area contributed by atoms with Crippen molar-refractivity contribution in [2.75, 3.05) is 13.6 Å². The van der Waals surface area contributed by atoms with Crippen molar-refractivity contribution < 1.29 is 18.0 Å². The lowest BCUT2D eigenvalue weighted by Crippen LogP contribution is -2.52. The van der Waals surface area contributed by atoms with Gasteiger partial charge in [0.25, 0.3) is 0 Å². The number of hydrogen-bond acceptors (Lipinski definition) is 4. The maximum Gasteiger partial charge on any atom is 0.243 e. The number of rotatable bonds is 10. The van der Waals surface area contributed by atoms with Gasteiger partial charge in [0.1, 0.15) is 6.04 Å². The van der Waals surface area contributed by atoms with Crippen LogP contribution in [0.1, 0.15) is 38.3 Å². The van der Waals surface area contributed by atoms with Gasteiger partial charge in [0.2, 0.25) is 21.8 Å². The minimum atomic E-state index is -3.93. The highest BCUT2D eigenvalue weighted by Crippen LogP contribution is 2.22. The summed E-state index contributed by atoms with van der Waals surface area (Å²) in [6, 6.07) is 19.3. The molecule has 0 aliphatic heterocycles. The highest BCUT2D eigenvalue weighted by atomic mass is 32.2. The minimum Gasteiger partial charge on any atom is -0.352 e. The molecule has 0 aliphatic carbocycles. The molecule has 7 nitrogen and oxygen atoms in total. The van der Waals surface area contributed by atoms with Crippen LogP contribution in [0.5, 0.6) is 0 Å². The van der Waals surface area contributed by atoms with E-state index in [-0.39, 0.29) is 29.9 Å². The first-order chi connectivity index (χ1) is 17.0. The molecule has 0 radical (unpaired) electrons. The van der Waals surface area contributed by atoms with Crippen LogP contribution in [0.2, 0.25) is 0 Å². The first kappa shape index (κ1) is 27.4. The van der Waals surface area contributed by atoms with Crippen molar-refractivity contribution in [2.24, 2.45) is 0 Å². The fourth-order valence-corrected chi connectivity index (χ4v) is 5.30. The molecular formula is C28H35N3O4S. The van der Waals surface area contributed by atoms with Crippen molar-refractivity contribution in [3.63, 3.8) is 0 Å². The Morgan fingerprint density at radius 1 is 0.944 bits per heavy atom. The van der Waals surface area contributed by atoms with Crippen LogP contribution in [-0.4, -0.2) is 55.1 Å². The molecule has 1 N–H and O–H groups in total. The lowest BCUT2D eigenvalue weighted by Gasteiger charge is -2.32. The second kappa shape index (κ2) is 11.7. The zero-order valence-electron chi connectivity index (χ0n) is 21.6. The number of hydrogen-bond donors (Lipinski definition) is 1. The van der Waals surface area contributed by atoms with E-state index in [2.05, 4.69) is 5.32 Å². The molecule has 0 aromatic heterocycles. The van der Waals surface area contributed by atoms with Gasteiger partial charge in [0, 0.05) is 19.6 Å². The molecule has 36 heavy (non-hydrogen) atoms. The van der Waals surface area contributed by atoms with Gasteiger partial charge >= 0.3 is 0 Å². The summed E-state index contributed by atoms with van der Waals surface area (Å²) in [5.41, 5.74) is 1.90. The largest absolute Gasteiger partial charge is 0.352 e. The van der Waals surface area contributed by atoms with Gasteiger partial charge in [0.05, 0.1) is 11.4 Å². The quantitative estimate of drug-likeness (QED) is 0.446. The average molecular weight is 510 g/mol. The monoisotopic (exact) mass is 509 g/mol. The maximum atomic E-state index is 13.6. The topological polar surface area (TPSA) is 86.8 Å². The predicted octanol–water partition coefficient (Wildman–Crippen LogP) is 4.10. The predicted molar refractivity (Wildman–Crippen MR) is 143 cm³/mol. The summed E-state index contributed by atoms with van der Waals surface area (Å²) in [6.45, 7) is 7.34. The standard InChI is InChI=1S/C28H35N3O4S/c1-6-26(28(33)29-20(2)3)31(18-24-14-8-7-11-21(24)4)27(32)19-30(5)36(34,35)25-16-15-22-12-9-10-13-23(22)17-25/h7-17,20,26H,6,18-19H2,1-5H3,(H,29,33). The maximum absolute atomic E-state index is 13.6. The van der Waals surface area contributed by atoms with Gasteiger partial charge in [-0.05, 0) is 61.2 Å². The Bertz CT molecular complexity index is 1340. The van der Waals surface area contributed by atoms with E-state index in [9.17, 15) is 18.0 Å². The van der Waals surface area contributed by atoms with E-state index in [4.69, 9.17) is 0 Å². The van der Waals surface area contributed by atoms with Crippen LogP contribution in [0, 0.1) is 6.92 Å². The second-order valence-corrected chi connectivity index (χ2v) is 11.4. The summed E-state index contributed by atoms with van der Waals surface area (Å²) >= 11 is 0. The third-order valence-electron chi connectivity index (χ3n) is 6.21. The normalized spacial score (nSPS) is 12.6. The Kier molecular flexibility index (Phi) is 8.87. The van der Waals surface area contributed by atoms with Crippen LogP contribution >= 0.6 is 0 Å². The summed E-state index contributed by atoms with van der Waals surface area (Å²) in [5.74, 6) is -0.689. The van der Waals surface area contributed by atoms with Crippen molar-refractivity contribution in [2.45, 2.75) is 57.6 Å². The zero-order valence-corrected chi connectivity index (χ0v) is 22.4. The Labute approximate surface area is 214 Å². The lowest BCUT2D eigenvalue weighted by atomic mass is 10.1. The van der Waals surface area contributed by atoms with E-state index in [1.54, 1.807) is 18.2 Å². The number of carbonyl (C=O) groups excluding carboxylic acids is 2. The van der Waals surface area contributed by atoms with E-state index < -0.39 is 22.0 Å². The van der Waals surface area contributed by atoms with Crippen molar-refractivity contribution in [3.05, 3.63) is 77.9 Å². The number of nitrogens with zero attached hydrogens (tertiary/aromatic N) is 2. The van der Waals surface area contributed by atoms with Crippen LogP contribution in [0.25, 0.3) is 10.8 Å². The molecule has 0 spiro atoms. The first-order valence-corrected chi connectivity index (χ1v) is 13.6. The summed E-state index contributed by atoms with van der Waals surface area (Å²) in [4.78, 5) is 28.2. The molecule has 1 atom stereocenters. The number of aryl methyl sites for hydroxylation is 1. The van der Waals surface area contributed by atoms with Gasteiger partial charge in [0.15, 0.2) is 0 Å². The molecule has 8 heteroatoms. The molecule has 1 unspecified atom stereocenters. The van der Waals surface area contributed by atoms with Gasteiger partial charge in [-0.3, -0.25) is 9.59 Å². The second-order valence-electron chi connectivity index (χ2n) is 9.31. The molecule has 3 aromatic carbocycles. The highest BCUT2D eigenvalue weighted by molar-refractivity contribution is 7.89. The Morgan fingerprint density at radius 3 is 2.22 bits per heavy atom. The number of carbonyl (C=O) groups is 2. The highest BCUT2D eigenvalue weighted by Gasteiger charge is 2.32. The summed E-state index contributed by atoms with van der Waals surface area (Å²) in [7, 11) is -2.53. The van der Waals surface area contributed by atoms with Gasteiger partial charge < -0.3 is 10.2 Å². The Morgan fingerprint density at radius 2 is 1.58 bits per heavy atom. The van der Waals surface area contributed by atoms with E-state index in [1.807, 2.05) is 76.2 Å². The molecule has 3 aromatic rings. The van der Waals surface area contributed by atoms with Gasteiger partial charge in [-0.25, -0.2) is 8.42 Å². The number of nitrogens with one attached hydrogen (secondary N) is 1. The van der Waals surface area contributed by atoms with Crippen molar-refractivity contribution in [1.82, 2.24) is 14.5 Å². The van der Waals surface area contributed by atoms with Crippen LogP contribution in [0.4, 0.5) is 0 Å². The van der Waals surface area contributed by atoms with Gasteiger partial charge in [-0.2, -0.15) is 4.31 Å². The number of amides is 2. The molecule has 3 rings (SSSR count). The lowest BCUT2D eigenvalue weighted by molar-refractivity contribution is -0.141. The van der Waals surface area contributed by atoms with Crippen molar-refractivity contribution in [1.29, 1.82) is 0 Å². The fourth-order valence-electron chi connectivity index (χ4n) is 4.15. The molecular weight excluding hydrogens is 474 g/mol. The Balaban J connectivity index is 1.90. The molecule has 0 bridgehead atoms. The smallest absolute Gasteiger partial charge is 0.243 e. The van der Waals surface area contributed by atoms with E-state index in [0.29, 0.717) is 6.42 Å². The van der Waals surface area contributed by atoms with Crippen LogP contribution in [0.15, 0.2) is 71.6 Å². The minimum absolute atomic E-state index is 0.0853. The summed E-state index contributed by atoms with van der Waals surface area (Å²) < 4.78 is 27.7. The third kappa shape index (κ3) is 6.30. The van der Waals surface area contributed by atoms with Crippen LogP contribution < -0.4 is 5.32 Å². The van der Waals surface area contributed by atoms with Gasteiger partial charge in [-0.15, -0.1) is 0 Å². The zero-order chi connectivity index (χ0) is 26.5. The number of sulfonamides is 1. The first-order valence-electron chi connectivity index (χ1n) is 12.1. The summed E-state index contributed by atoms with van der Waals surface area (Å²) in [6.07, 6.45) is 0.400. The molecule has 2 amide bonds. The van der Waals surface area contributed by atoms with Crippen LogP contribution in [-0.2, 0) is 26.2 Å². The number of likely N-dealkylation sites (N-methyl/N-ethyl adjacent to an activating group) is 1. The molecule has 0 saturated heterocycles. The fraction of sp³-hybridized carbons (Fsp3) is 0.357. The third-order valence-corrected chi connectivity index (χ3v) is 8.01. The molecule has 0 heterocycles. The Hall–Kier alpha value is -3.23. The number of fused-ring (bicyclic) bond motifs is 1. The summed E-state index contributed by atoms with van der Waals surface area (Å²) in [5, 5.41) is 4.62. The molecule has 0 aliphatic rings. The molecule has 0 fully saturated rings. The SMILES string of the molecule is CCC(C(=O)NC(C)C)N(Cc1ccccc1C)C(=O)CN(C)S(=O)(=O)c1ccc2ccccc2c1. The van der Waals surface area contributed by atoms with E-state index in [1.165, 1.54) is 11.9 Å². The molecule has 192 valence electrons. The van der Waals surface area contributed by atoms with Gasteiger partial charge in [-0.1, -0.05) is 61.5 Å². The number of benzene rings is 3.